The molecule has 1 atom stereocenters. The molecule has 0 heterocycles. The van der Waals surface area contributed by atoms with Crippen LogP contribution in [0.2, 0.25) is 0 Å². The first-order valence-corrected chi connectivity index (χ1v) is 6.73. The minimum atomic E-state index is -2.40. The lowest BCUT2D eigenvalue weighted by atomic mass is 10.2. The molecule has 0 aromatic heterocycles. The first-order valence-electron chi connectivity index (χ1n) is 3.92. The molecular weight excluding hydrogens is 351 g/mol. The number of halogens is 2. The normalized spacial score (nSPS) is 12.7. The van der Waals surface area contributed by atoms with Gasteiger partial charge in [0, 0.05) is 7.11 Å². The first-order chi connectivity index (χ1) is 7.04. The van der Waals surface area contributed by atoms with Gasteiger partial charge in [-0.05, 0) is 49.6 Å². The summed E-state index contributed by atoms with van der Waals surface area (Å²) >= 11 is 6.37. The maximum Gasteiger partial charge on any atom is 0.319 e. The van der Waals surface area contributed by atoms with Gasteiger partial charge in [0.15, 0.2) is 0 Å². The molecule has 0 spiro atoms. The summed E-state index contributed by atoms with van der Waals surface area (Å²) < 4.78 is 21.4. The highest BCUT2D eigenvalue weighted by Gasteiger charge is 2.06. The Morgan fingerprint density at radius 1 is 1.40 bits per heavy atom. The van der Waals surface area contributed by atoms with Gasteiger partial charge in [0.25, 0.3) is 0 Å². The van der Waals surface area contributed by atoms with Gasteiger partial charge in [-0.3, -0.25) is 4.57 Å². The van der Waals surface area contributed by atoms with Gasteiger partial charge in [0.1, 0.15) is 5.75 Å². The van der Waals surface area contributed by atoms with E-state index >= 15 is 0 Å². The predicted octanol–water partition coefficient (Wildman–Crippen LogP) is 3.47. The van der Waals surface area contributed by atoms with Crippen LogP contribution in [-0.4, -0.2) is 12.2 Å². The minimum absolute atomic E-state index is 0.123. The standard InChI is InChI=1S/C8H9Br2O4P/c1-13-15(12)14-4-5-2-6(9)8(11)7(10)3-5/h2-3,11,15H,4H2,1H3. The third-order valence-corrected chi connectivity index (χ3v) is 3.52. The van der Waals surface area contributed by atoms with Gasteiger partial charge >= 0.3 is 8.25 Å². The van der Waals surface area contributed by atoms with Crippen molar-refractivity contribution < 1.29 is 18.7 Å². The number of hydrogen-bond donors (Lipinski definition) is 1. The van der Waals surface area contributed by atoms with Crippen molar-refractivity contribution >= 4 is 40.1 Å². The average molecular weight is 360 g/mol. The predicted molar refractivity (Wildman–Crippen MR) is 64.3 cm³/mol. The second-order valence-electron chi connectivity index (χ2n) is 2.65. The summed E-state index contributed by atoms with van der Waals surface area (Å²) in [5.74, 6) is 0.123. The van der Waals surface area contributed by atoms with Crippen molar-refractivity contribution in [1.29, 1.82) is 0 Å². The number of hydrogen-bond acceptors (Lipinski definition) is 4. The van der Waals surface area contributed by atoms with E-state index in [0.717, 1.165) is 5.56 Å². The second kappa shape index (κ2) is 6.01. The smallest absolute Gasteiger partial charge is 0.319 e. The summed E-state index contributed by atoms with van der Waals surface area (Å²) in [6, 6.07) is 3.37. The summed E-state index contributed by atoms with van der Waals surface area (Å²) in [7, 11) is -1.08. The fourth-order valence-corrected chi connectivity index (χ4v) is 2.59. The molecule has 1 rings (SSSR count). The van der Waals surface area contributed by atoms with E-state index in [2.05, 4.69) is 36.4 Å². The molecule has 0 amide bonds. The molecule has 84 valence electrons. The van der Waals surface area contributed by atoms with E-state index in [1.165, 1.54) is 7.11 Å². The number of aromatic hydroxyl groups is 1. The van der Waals surface area contributed by atoms with E-state index in [1.54, 1.807) is 12.1 Å². The lowest BCUT2D eigenvalue weighted by molar-refractivity contribution is 0.248. The molecule has 0 saturated carbocycles. The van der Waals surface area contributed by atoms with Crippen LogP contribution >= 0.6 is 40.1 Å². The van der Waals surface area contributed by atoms with E-state index in [4.69, 9.17) is 4.52 Å². The van der Waals surface area contributed by atoms with Gasteiger partial charge in [0.2, 0.25) is 0 Å². The maximum atomic E-state index is 10.9. The second-order valence-corrected chi connectivity index (χ2v) is 5.56. The van der Waals surface area contributed by atoms with Gasteiger partial charge < -0.3 is 14.2 Å². The van der Waals surface area contributed by atoms with Crippen LogP contribution < -0.4 is 0 Å². The highest BCUT2D eigenvalue weighted by atomic mass is 79.9. The zero-order chi connectivity index (χ0) is 11.4. The molecule has 0 aliphatic carbocycles. The summed E-state index contributed by atoms with van der Waals surface area (Å²) in [6.45, 7) is 0.170. The Kier molecular flexibility index (Phi) is 5.29. The molecule has 7 heteroatoms. The SMILES string of the molecule is CO[PH](=O)OCc1cc(Br)c(O)c(Br)c1. The summed E-state index contributed by atoms with van der Waals surface area (Å²) in [6.07, 6.45) is 0. The van der Waals surface area contributed by atoms with Crippen molar-refractivity contribution in [3.63, 3.8) is 0 Å². The fraction of sp³-hybridized carbons (Fsp3) is 0.250. The number of rotatable bonds is 4. The van der Waals surface area contributed by atoms with Crippen LogP contribution in [0.1, 0.15) is 5.56 Å². The molecule has 1 aromatic carbocycles. The summed E-state index contributed by atoms with van der Waals surface area (Å²) in [4.78, 5) is 0. The van der Waals surface area contributed by atoms with Crippen LogP contribution in [0, 0.1) is 0 Å². The lowest BCUT2D eigenvalue weighted by Crippen LogP contribution is -1.87. The van der Waals surface area contributed by atoms with Crippen LogP contribution in [0.25, 0.3) is 0 Å². The molecule has 0 bridgehead atoms. The molecule has 0 aliphatic rings. The molecule has 4 nitrogen and oxygen atoms in total. The Bertz CT molecular complexity index is 360. The molecule has 1 N–H and O–H groups in total. The Labute approximate surface area is 105 Å². The largest absolute Gasteiger partial charge is 0.506 e. The molecule has 0 saturated heterocycles. The van der Waals surface area contributed by atoms with Crippen molar-refractivity contribution in [3.8, 4) is 5.75 Å². The fourth-order valence-electron chi connectivity index (χ4n) is 0.903. The van der Waals surface area contributed by atoms with Crippen LogP contribution in [0.4, 0.5) is 0 Å². The molecule has 15 heavy (non-hydrogen) atoms. The third-order valence-electron chi connectivity index (χ3n) is 1.60. The number of benzene rings is 1. The zero-order valence-electron chi connectivity index (χ0n) is 7.79. The average Bonchev–Trinajstić information content (AvgIpc) is 2.22. The maximum absolute atomic E-state index is 10.9. The third kappa shape index (κ3) is 3.89. The van der Waals surface area contributed by atoms with Gasteiger partial charge in [-0.15, -0.1) is 0 Å². The van der Waals surface area contributed by atoms with Crippen LogP contribution in [0.5, 0.6) is 5.75 Å². The van der Waals surface area contributed by atoms with E-state index in [9.17, 15) is 9.67 Å². The number of phenols is 1. The summed E-state index contributed by atoms with van der Waals surface area (Å²) in [5.41, 5.74) is 0.780. The Morgan fingerprint density at radius 3 is 2.40 bits per heavy atom. The Morgan fingerprint density at radius 2 is 1.93 bits per heavy atom. The topological polar surface area (TPSA) is 55.8 Å². The molecule has 0 radical (unpaired) electrons. The van der Waals surface area contributed by atoms with Crippen LogP contribution in [0.15, 0.2) is 21.1 Å². The highest BCUT2D eigenvalue weighted by Crippen LogP contribution is 2.34. The monoisotopic (exact) mass is 358 g/mol. The zero-order valence-corrected chi connectivity index (χ0v) is 12.0. The highest BCUT2D eigenvalue weighted by molar-refractivity contribution is 9.11. The molecule has 0 aliphatic heterocycles. The quantitative estimate of drug-likeness (QED) is 0.836. The van der Waals surface area contributed by atoms with Crippen LogP contribution in [-0.2, 0) is 20.2 Å². The Balaban J connectivity index is 2.75. The molecule has 1 unspecified atom stereocenters. The lowest BCUT2D eigenvalue weighted by Gasteiger charge is -2.06. The van der Waals surface area contributed by atoms with E-state index in [-0.39, 0.29) is 12.4 Å². The van der Waals surface area contributed by atoms with Crippen LogP contribution in [0.3, 0.4) is 0 Å². The number of phenolic OH excluding ortho intramolecular Hbond substituents is 1. The molecule has 1 aromatic rings. The molecular formula is C8H9Br2O4P. The molecule has 0 fully saturated rings. The van der Waals surface area contributed by atoms with Gasteiger partial charge in [-0.1, -0.05) is 0 Å². The van der Waals surface area contributed by atoms with E-state index in [1.807, 2.05) is 0 Å². The van der Waals surface area contributed by atoms with Crippen molar-refractivity contribution in [2.45, 2.75) is 6.61 Å². The van der Waals surface area contributed by atoms with E-state index < -0.39 is 8.25 Å². The Hall–Kier alpha value is 0.130. The van der Waals surface area contributed by atoms with E-state index in [0.29, 0.717) is 8.95 Å². The van der Waals surface area contributed by atoms with Gasteiger partial charge in [-0.25, -0.2) is 0 Å². The first kappa shape index (κ1) is 13.2. The minimum Gasteiger partial charge on any atom is -0.506 e. The van der Waals surface area contributed by atoms with Crippen molar-refractivity contribution in [2.24, 2.45) is 0 Å². The van der Waals surface area contributed by atoms with Crippen molar-refractivity contribution in [3.05, 3.63) is 26.6 Å². The van der Waals surface area contributed by atoms with Crippen molar-refractivity contribution in [2.75, 3.05) is 7.11 Å². The summed E-state index contributed by atoms with van der Waals surface area (Å²) in [5, 5.41) is 9.44. The van der Waals surface area contributed by atoms with Crippen molar-refractivity contribution in [1.82, 2.24) is 0 Å². The van der Waals surface area contributed by atoms with Gasteiger partial charge in [0.05, 0.1) is 15.6 Å². The van der Waals surface area contributed by atoms with Gasteiger partial charge in [-0.2, -0.15) is 0 Å².